The summed E-state index contributed by atoms with van der Waals surface area (Å²) in [4.78, 5) is 14.1. The molecule has 0 atom stereocenters. The standard InChI is InChI=1S/C24H20ClNO3S2/c1-15-4-3-5-16(2)20(15)14-31(28,29)19-10-11-22-21(13-19)26-24(27)23(30-22)12-17-6-8-18(25)9-7-17/h3-13H,14H2,1-2H3,(H,26,27). The Kier molecular flexibility index (Phi) is 5.97. The minimum absolute atomic E-state index is 0.0763. The van der Waals surface area contributed by atoms with Crippen LogP contribution in [0.2, 0.25) is 5.02 Å². The van der Waals surface area contributed by atoms with Gasteiger partial charge in [-0.1, -0.05) is 53.7 Å². The molecule has 1 N–H and O–H groups in total. The lowest BCUT2D eigenvalue weighted by Crippen LogP contribution is -2.18. The molecule has 1 aliphatic rings. The lowest BCUT2D eigenvalue weighted by Gasteiger charge is -2.20. The number of rotatable bonds is 4. The van der Waals surface area contributed by atoms with Crippen molar-refractivity contribution in [1.29, 1.82) is 0 Å². The van der Waals surface area contributed by atoms with Crippen molar-refractivity contribution < 1.29 is 13.2 Å². The van der Waals surface area contributed by atoms with E-state index in [9.17, 15) is 13.2 Å². The number of carbonyl (C=O) groups excluding carboxylic acids is 1. The molecule has 1 aliphatic heterocycles. The smallest absolute Gasteiger partial charge is 0.262 e. The summed E-state index contributed by atoms with van der Waals surface area (Å²) >= 11 is 7.23. The number of fused-ring (bicyclic) bond motifs is 1. The number of sulfone groups is 1. The van der Waals surface area contributed by atoms with Gasteiger partial charge in [-0.2, -0.15) is 0 Å². The van der Waals surface area contributed by atoms with Crippen molar-refractivity contribution in [1.82, 2.24) is 0 Å². The lowest BCUT2D eigenvalue weighted by atomic mass is 10.1. The maximum absolute atomic E-state index is 13.1. The van der Waals surface area contributed by atoms with Crippen LogP contribution in [-0.2, 0) is 20.4 Å². The van der Waals surface area contributed by atoms with Crippen LogP contribution in [-0.4, -0.2) is 14.3 Å². The Balaban J connectivity index is 1.62. The van der Waals surface area contributed by atoms with E-state index in [1.807, 2.05) is 44.2 Å². The SMILES string of the molecule is Cc1cccc(C)c1CS(=O)(=O)c1ccc2c(c1)NC(=O)C(=Cc1ccc(Cl)cc1)S2. The highest BCUT2D eigenvalue weighted by Crippen LogP contribution is 2.40. The monoisotopic (exact) mass is 469 g/mol. The quantitative estimate of drug-likeness (QED) is 0.475. The number of thioether (sulfide) groups is 1. The van der Waals surface area contributed by atoms with Gasteiger partial charge in [0.15, 0.2) is 9.84 Å². The molecular formula is C24H20ClNO3S2. The Morgan fingerprint density at radius 1 is 1.00 bits per heavy atom. The molecule has 0 bridgehead atoms. The van der Waals surface area contributed by atoms with Crippen LogP contribution in [0.1, 0.15) is 22.3 Å². The summed E-state index contributed by atoms with van der Waals surface area (Å²) < 4.78 is 26.1. The fraction of sp³-hybridized carbons (Fsp3) is 0.125. The van der Waals surface area contributed by atoms with Crippen molar-refractivity contribution in [3.63, 3.8) is 0 Å². The molecule has 158 valence electrons. The predicted molar refractivity (Wildman–Crippen MR) is 127 cm³/mol. The van der Waals surface area contributed by atoms with Gasteiger partial charge in [-0.25, -0.2) is 8.42 Å². The molecular weight excluding hydrogens is 450 g/mol. The van der Waals surface area contributed by atoms with E-state index < -0.39 is 9.84 Å². The number of nitrogens with one attached hydrogen (secondary N) is 1. The Bertz CT molecular complexity index is 1290. The molecule has 31 heavy (non-hydrogen) atoms. The highest BCUT2D eigenvalue weighted by atomic mass is 35.5. The molecule has 7 heteroatoms. The van der Waals surface area contributed by atoms with Crippen molar-refractivity contribution in [2.75, 3.05) is 5.32 Å². The molecule has 3 aromatic carbocycles. The first-order valence-corrected chi connectivity index (χ1v) is 12.5. The maximum Gasteiger partial charge on any atom is 0.262 e. The first-order valence-electron chi connectivity index (χ1n) is 9.61. The fourth-order valence-electron chi connectivity index (χ4n) is 3.39. The summed E-state index contributed by atoms with van der Waals surface area (Å²) in [5.41, 5.74) is 4.07. The summed E-state index contributed by atoms with van der Waals surface area (Å²) in [5.74, 6) is -0.343. The van der Waals surface area contributed by atoms with Crippen molar-refractivity contribution in [2.24, 2.45) is 0 Å². The molecule has 0 saturated carbocycles. The molecule has 0 saturated heterocycles. The Hall–Kier alpha value is -2.54. The number of hydrogen-bond donors (Lipinski definition) is 1. The van der Waals surface area contributed by atoms with Gasteiger partial charge in [-0.3, -0.25) is 4.79 Å². The van der Waals surface area contributed by atoms with Gasteiger partial charge >= 0.3 is 0 Å². The van der Waals surface area contributed by atoms with Gasteiger partial charge in [0.2, 0.25) is 0 Å². The van der Waals surface area contributed by atoms with Gasteiger partial charge < -0.3 is 5.32 Å². The van der Waals surface area contributed by atoms with E-state index in [1.54, 1.807) is 36.4 Å². The maximum atomic E-state index is 13.1. The molecule has 3 aromatic rings. The molecule has 0 radical (unpaired) electrons. The van der Waals surface area contributed by atoms with Gasteiger partial charge in [-0.05, 0) is 72.5 Å². The minimum atomic E-state index is -3.56. The molecule has 0 fully saturated rings. The Morgan fingerprint density at radius 2 is 1.68 bits per heavy atom. The van der Waals surface area contributed by atoms with Crippen molar-refractivity contribution in [2.45, 2.75) is 29.4 Å². The summed E-state index contributed by atoms with van der Waals surface area (Å²) in [6.45, 7) is 3.83. The van der Waals surface area contributed by atoms with Crippen molar-refractivity contribution >= 4 is 50.9 Å². The van der Waals surface area contributed by atoms with E-state index in [0.29, 0.717) is 15.6 Å². The van der Waals surface area contributed by atoms with Crippen LogP contribution < -0.4 is 5.32 Å². The fourth-order valence-corrected chi connectivity index (χ4v) is 6.03. The number of carbonyl (C=O) groups is 1. The van der Waals surface area contributed by atoms with E-state index in [4.69, 9.17) is 11.6 Å². The molecule has 4 nitrogen and oxygen atoms in total. The number of benzene rings is 3. The molecule has 0 aliphatic carbocycles. The zero-order valence-electron chi connectivity index (χ0n) is 17.0. The number of halogens is 1. The summed E-state index contributed by atoms with van der Waals surface area (Å²) in [5, 5.41) is 3.45. The summed E-state index contributed by atoms with van der Waals surface area (Å²) in [6, 6.07) is 17.8. The zero-order chi connectivity index (χ0) is 22.2. The topological polar surface area (TPSA) is 63.2 Å². The van der Waals surface area contributed by atoms with Gasteiger partial charge in [0.25, 0.3) is 5.91 Å². The van der Waals surface area contributed by atoms with Crippen molar-refractivity contribution in [3.05, 3.63) is 92.8 Å². The first-order chi connectivity index (χ1) is 14.7. The number of aryl methyl sites for hydroxylation is 2. The second kappa shape index (κ2) is 8.54. The van der Waals surface area contributed by atoms with E-state index in [-0.39, 0.29) is 16.6 Å². The van der Waals surface area contributed by atoms with Gasteiger partial charge in [0.1, 0.15) is 0 Å². The molecule has 0 spiro atoms. The first kappa shape index (κ1) is 21.7. The number of hydrogen-bond acceptors (Lipinski definition) is 4. The van der Waals surface area contributed by atoms with Crippen molar-refractivity contribution in [3.8, 4) is 0 Å². The Labute approximate surface area is 191 Å². The Morgan fingerprint density at radius 3 is 2.35 bits per heavy atom. The minimum Gasteiger partial charge on any atom is -0.320 e. The molecule has 4 rings (SSSR count). The van der Waals surface area contributed by atoms with Crippen LogP contribution in [0.5, 0.6) is 0 Å². The lowest BCUT2D eigenvalue weighted by molar-refractivity contribution is -0.112. The van der Waals surface area contributed by atoms with E-state index >= 15 is 0 Å². The van der Waals surface area contributed by atoms with E-state index in [0.717, 1.165) is 27.1 Å². The van der Waals surface area contributed by atoms with Crippen LogP contribution in [0.3, 0.4) is 0 Å². The average molecular weight is 470 g/mol. The normalized spacial score (nSPS) is 14.9. The zero-order valence-corrected chi connectivity index (χ0v) is 19.4. The molecule has 1 heterocycles. The third kappa shape index (κ3) is 4.71. The third-order valence-corrected chi connectivity index (χ3v) is 8.14. The number of amides is 1. The average Bonchev–Trinajstić information content (AvgIpc) is 2.72. The van der Waals surface area contributed by atoms with Crippen LogP contribution in [0.4, 0.5) is 5.69 Å². The summed E-state index contributed by atoms with van der Waals surface area (Å²) in [6.07, 6.45) is 1.78. The van der Waals surface area contributed by atoms with Crippen LogP contribution >= 0.6 is 23.4 Å². The number of anilines is 1. The third-order valence-electron chi connectivity index (χ3n) is 5.15. The molecule has 0 aromatic heterocycles. The van der Waals surface area contributed by atoms with Gasteiger partial charge in [0, 0.05) is 9.92 Å². The predicted octanol–water partition coefficient (Wildman–Crippen LogP) is 6.02. The second-order valence-corrected chi connectivity index (χ2v) is 10.9. The van der Waals surface area contributed by atoms with Crippen LogP contribution in [0.15, 0.2) is 75.4 Å². The largest absolute Gasteiger partial charge is 0.320 e. The van der Waals surface area contributed by atoms with Crippen LogP contribution in [0, 0.1) is 13.8 Å². The second-order valence-electron chi connectivity index (χ2n) is 7.40. The molecule has 0 unspecified atom stereocenters. The van der Waals surface area contributed by atoms with Gasteiger partial charge in [0.05, 0.1) is 21.2 Å². The van der Waals surface area contributed by atoms with Crippen LogP contribution in [0.25, 0.3) is 6.08 Å². The summed E-state index contributed by atoms with van der Waals surface area (Å²) in [7, 11) is -3.56. The highest BCUT2D eigenvalue weighted by Gasteiger charge is 2.24. The van der Waals surface area contributed by atoms with Gasteiger partial charge in [-0.15, -0.1) is 0 Å². The highest BCUT2D eigenvalue weighted by molar-refractivity contribution is 8.04. The van der Waals surface area contributed by atoms with E-state index in [1.165, 1.54) is 11.8 Å². The van der Waals surface area contributed by atoms with E-state index in [2.05, 4.69) is 5.32 Å². The molecule has 1 amide bonds.